The highest BCUT2D eigenvalue weighted by molar-refractivity contribution is 5.84. The zero-order valence-corrected chi connectivity index (χ0v) is 10.1. The van der Waals surface area contributed by atoms with Crippen LogP contribution in [0.3, 0.4) is 0 Å². The molecular formula is C13H13NO5. The summed E-state index contributed by atoms with van der Waals surface area (Å²) in [5, 5.41) is 2.51. The van der Waals surface area contributed by atoms with Crippen molar-refractivity contribution >= 4 is 24.4 Å². The van der Waals surface area contributed by atoms with E-state index < -0.39 is 6.09 Å². The van der Waals surface area contributed by atoms with E-state index >= 15 is 0 Å². The van der Waals surface area contributed by atoms with Crippen LogP contribution in [0.4, 0.5) is 10.5 Å². The molecule has 0 fully saturated rings. The van der Waals surface area contributed by atoms with E-state index in [1.807, 2.05) is 6.07 Å². The van der Waals surface area contributed by atoms with E-state index in [4.69, 9.17) is 9.47 Å². The van der Waals surface area contributed by atoms with E-state index in [0.717, 1.165) is 6.08 Å². The van der Waals surface area contributed by atoms with Crippen molar-refractivity contribution in [1.82, 2.24) is 0 Å². The van der Waals surface area contributed by atoms with Gasteiger partial charge in [0, 0.05) is 11.8 Å². The predicted octanol–water partition coefficient (Wildman–Crippen LogP) is 1.53. The van der Waals surface area contributed by atoms with Crippen LogP contribution >= 0.6 is 0 Å². The summed E-state index contributed by atoms with van der Waals surface area (Å²) in [7, 11) is 0. The highest BCUT2D eigenvalue weighted by atomic mass is 16.6. The second-order valence-corrected chi connectivity index (χ2v) is 3.30. The van der Waals surface area contributed by atoms with Gasteiger partial charge in [0.2, 0.25) is 0 Å². The molecule has 0 aromatic heterocycles. The minimum Gasteiger partial charge on any atom is -0.486 e. The van der Waals surface area contributed by atoms with Crippen LogP contribution < -0.4 is 5.32 Å². The molecule has 100 valence electrons. The van der Waals surface area contributed by atoms with E-state index in [0.29, 0.717) is 18.3 Å². The quantitative estimate of drug-likeness (QED) is 0.349. The molecular weight excluding hydrogens is 250 g/mol. The minimum atomic E-state index is -0.623. The van der Waals surface area contributed by atoms with E-state index in [1.165, 1.54) is 0 Å². The van der Waals surface area contributed by atoms with Crippen molar-refractivity contribution < 1.29 is 23.9 Å². The number of benzene rings is 1. The van der Waals surface area contributed by atoms with Gasteiger partial charge in [0.15, 0.2) is 12.0 Å². The lowest BCUT2D eigenvalue weighted by Gasteiger charge is -2.07. The van der Waals surface area contributed by atoms with Gasteiger partial charge in [0.1, 0.15) is 19.5 Å². The molecule has 6 nitrogen and oxygen atoms in total. The van der Waals surface area contributed by atoms with Gasteiger partial charge < -0.3 is 9.47 Å². The Bertz CT molecular complexity index is 455. The summed E-state index contributed by atoms with van der Waals surface area (Å²) in [6, 6.07) is 8.81. The lowest BCUT2D eigenvalue weighted by Crippen LogP contribution is -2.16. The summed E-state index contributed by atoms with van der Waals surface area (Å²) in [5.41, 5.74) is 0.614. The average Bonchev–Trinajstić information content (AvgIpc) is 2.43. The molecule has 1 amide bonds. The van der Waals surface area contributed by atoms with Crippen LogP contribution in [0.25, 0.3) is 0 Å². The van der Waals surface area contributed by atoms with Gasteiger partial charge in [-0.1, -0.05) is 18.2 Å². The summed E-state index contributed by atoms with van der Waals surface area (Å²) in [6.45, 7) is -0.0523. The van der Waals surface area contributed by atoms with Gasteiger partial charge >= 0.3 is 6.09 Å². The number of para-hydroxylation sites is 1. The van der Waals surface area contributed by atoms with Gasteiger partial charge in [0.05, 0.1) is 0 Å². The lowest BCUT2D eigenvalue weighted by atomic mass is 10.3. The molecule has 1 aromatic rings. The van der Waals surface area contributed by atoms with Crippen molar-refractivity contribution in [2.45, 2.75) is 0 Å². The third-order valence-corrected chi connectivity index (χ3v) is 1.95. The van der Waals surface area contributed by atoms with Crippen LogP contribution in [-0.2, 0) is 19.1 Å². The Balaban J connectivity index is 2.22. The monoisotopic (exact) mass is 263 g/mol. The molecule has 0 aliphatic carbocycles. The molecule has 1 aromatic carbocycles. The first kappa shape index (κ1) is 14.4. The van der Waals surface area contributed by atoms with Gasteiger partial charge in [-0.2, -0.15) is 0 Å². The third kappa shape index (κ3) is 6.02. The van der Waals surface area contributed by atoms with Crippen LogP contribution in [0, 0.1) is 0 Å². The van der Waals surface area contributed by atoms with Crippen LogP contribution in [0.2, 0.25) is 0 Å². The Kier molecular flexibility index (Phi) is 6.43. The Morgan fingerprint density at radius 1 is 1.11 bits per heavy atom. The number of aldehydes is 2. The normalized spacial score (nSPS) is 10.4. The Morgan fingerprint density at radius 2 is 1.79 bits per heavy atom. The zero-order chi connectivity index (χ0) is 13.9. The summed E-state index contributed by atoms with van der Waals surface area (Å²) in [5.74, 6) is -0.109. The Hall–Kier alpha value is -2.63. The zero-order valence-electron chi connectivity index (χ0n) is 10.1. The SMILES string of the molecule is O=CC=C(C=O)OCCOC(=O)Nc1ccccc1. The van der Waals surface area contributed by atoms with E-state index in [1.54, 1.807) is 24.3 Å². The summed E-state index contributed by atoms with van der Waals surface area (Å²) >= 11 is 0. The number of carbonyl (C=O) groups is 3. The smallest absolute Gasteiger partial charge is 0.411 e. The standard InChI is InChI=1S/C13H13NO5/c15-7-6-12(10-16)18-8-9-19-13(17)14-11-4-2-1-3-5-11/h1-7,10H,8-9H2,(H,14,17). The summed E-state index contributed by atoms with van der Waals surface area (Å²) < 4.78 is 9.70. The molecule has 0 spiro atoms. The second kappa shape index (κ2) is 8.46. The third-order valence-electron chi connectivity index (χ3n) is 1.95. The predicted molar refractivity (Wildman–Crippen MR) is 67.6 cm³/mol. The molecule has 1 N–H and O–H groups in total. The van der Waals surface area contributed by atoms with Crippen molar-refractivity contribution in [2.75, 3.05) is 18.5 Å². The first-order valence-electron chi connectivity index (χ1n) is 5.48. The molecule has 19 heavy (non-hydrogen) atoms. The minimum absolute atomic E-state index is 0.0133. The Morgan fingerprint density at radius 3 is 2.42 bits per heavy atom. The summed E-state index contributed by atoms with van der Waals surface area (Å²) in [6.07, 6.45) is 1.20. The van der Waals surface area contributed by atoms with Crippen LogP contribution in [0.5, 0.6) is 0 Å². The fraction of sp³-hybridized carbons (Fsp3) is 0.154. The number of anilines is 1. The van der Waals surface area contributed by atoms with Gasteiger partial charge in [-0.05, 0) is 12.1 Å². The number of amides is 1. The van der Waals surface area contributed by atoms with Gasteiger partial charge in [-0.15, -0.1) is 0 Å². The molecule has 6 heteroatoms. The molecule has 0 bridgehead atoms. The molecule has 0 aliphatic rings. The van der Waals surface area contributed by atoms with Crippen molar-refractivity contribution in [3.05, 3.63) is 42.2 Å². The van der Waals surface area contributed by atoms with Crippen molar-refractivity contribution in [2.24, 2.45) is 0 Å². The molecule has 0 unspecified atom stereocenters. The molecule has 0 saturated heterocycles. The Labute approximate surface area is 110 Å². The number of hydrogen-bond donors (Lipinski definition) is 1. The molecule has 0 atom stereocenters. The summed E-state index contributed by atoms with van der Waals surface area (Å²) in [4.78, 5) is 31.8. The molecule has 1 rings (SSSR count). The van der Waals surface area contributed by atoms with Crippen molar-refractivity contribution in [3.63, 3.8) is 0 Å². The maximum absolute atomic E-state index is 11.3. The number of hydrogen-bond acceptors (Lipinski definition) is 5. The first-order chi connectivity index (χ1) is 9.26. The highest BCUT2D eigenvalue weighted by Gasteiger charge is 2.02. The largest absolute Gasteiger partial charge is 0.486 e. The molecule has 0 aliphatic heterocycles. The average molecular weight is 263 g/mol. The number of carbonyl (C=O) groups excluding carboxylic acids is 3. The number of allylic oxidation sites excluding steroid dienone is 2. The molecule has 0 radical (unpaired) electrons. The number of nitrogens with one attached hydrogen (secondary N) is 1. The first-order valence-corrected chi connectivity index (χ1v) is 5.48. The fourth-order valence-corrected chi connectivity index (χ4v) is 1.16. The van der Waals surface area contributed by atoms with Crippen molar-refractivity contribution in [1.29, 1.82) is 0 Å². The number of ether oxygens (including phenoxy) is 2. The maximum atomic E-state index is 11.3. The fourth-order valence-electron chi connectivity index (χ4n) is 1.16. The van der Waals surface area contributed by atoms with Crippen molar-refractivity contribution in [3.8, 4) is 0 Å². The second-order valence-electron chi connectivity index (χ2n) is 3.30. The lowest BCUT2D eigenvalue weighted by molar-refractivity contribution is -0.109. The van der Waals surface area contributed by atoms with Crippen LogP contribution in [-0.4, -0.2) is 31.9 Å². The van der Waals surface area contributed by atoms with Gasteiger partial charge in [0.25, 0.3) is 0 Å². The molecule has 0 saturated carbocycles. The van der Waals surface area contributed by atoms with Gasteiger partial charge in [-0.3, -0.25) is 14.9 Å². The van der Waals surface area contributed by atoms with Crippen LogP contribution in [0.15, 0.2) is 42.2 Å². The van der Waals surface area contributed by atoms with Gasteiger partial charge in [-0.25, -0.2) is 4.79 Å². The maximum Gasteiger partial charge on any atom is 0.411 e. The van der Waals surface area contributed by atoms with Crippen LogP contribution in [0.1, 0.15) is 0 Å². The van der Waals surface area contributed by atoms with E-state index in [9.17, 15) is 14.4 Å². The topological polar surface area (TPSA) is 81.7 Å². The number of rotatable bonds is 7. The molecule has 0 heterocycles. The van der Waals surface area contributed by atoms with E-state index in [-0.39, 0.29) is 19.0 Å². The van der Waals surface area contributed by atoms with E-state index in [2.05, 4.69) is 5.32 Å². The highest BCUT2D eigenvalue weighted by Crippen LogP contribution is 2.05.